The number of rotatable bonds is 2. The molecule has 1 aromatic heterocycles. The van der Waals surface area contributed by atoms with E-state index >= 15 is 0 Å². The first-order chi connectivity index (χ1) is 5.70. The quantitative estimate of drug-likeness (QED) is 0.725. The van der Waals surface area contributed by atoms with E-state index in [2.05, 4.69) is 5.16 Å². The predicted octanol–water partition coefficient (Wildman–Crippen LogP) is 1.56. The normalized spacial score (nSPS) is 16.4. The van der Waals surface area contributed by atoms with Crippen LogP contribution in [0, 0.1) is 6.92 Å². The highest BCUT2D eigenvalue weighted by Gasteiger charge is 2.31. The number of nitrogens with zero attached hydrogens (tertiary/aromatic N) is 1. The summed E-state index contributed by atoms with van der Waals surface area (Å²) in [6.45, 7) is 1.74. The zero-order chi connectivity index (χ0) is 8.72. The van der Waals surface area contributed by atoms with Crippen molar-refractivity contribution in [3.63, 3.8) is 0 Å². The summed E-state index contributed by atoms with van der Waals surface area (Å²) in [6.07, 6.45) is 2.18. The largest absolute Gasteiger partial charge is 0.476 e. The van der Waals surface area contributed by atoms with Gasteiger partial charge in [-0.15, -0.1) is 0 Å². The summed E-state index contributed by atoms with van der Waals surface area (Å²) >= 11 is 0. The Morgan fingerprint density at radius 2 is 2.33 bits per heavy atom. The second kappa shape index (κ2) is 2.33. The third-order valence-electron chi connectivity index (χ3n) is 2.11. The van der Waals surface area contributed by atoms with E-state index in [0.717, 1.165) is 18.6 Å². The van der Waals surface area contributed by atoms with Crippen LogP contribution in [0.2, 0.25) is 0 Å². The molecule has 0 aliphatic heterocycles. The van der Waals surface area contributed by atoms with E-state index in [0.29, 0.717) is 11.5 Å². The molecule has 0 saturated heterocycles. The third kappa shape index (κ3) is 0.995. The van der Waals surface area contributed by atoms with E-state index in [1.54, 1.807) is 6.92 Å². The van der Waals surface area contributed by atoms with Gasteiger partial charge in [0.2, 0.25) is 0 Å². The lowest BCUT2D eigenvalue weighted by Gasteiger charge is -1.89. The minimum absolute atomic E-state index is 0.0527. The topological polar surface area (TPSA) is 63.3 Å². The van der Waals surface area contributed by atoms with Gasteiger partial charge in [0.05, 0.1) is 0 Å². The molecule has 12 heavy (non-hydrogen) atoms. The third-order valence-corrected chi connectivity index (χ3v) is 2.11. The molecule has 4 heteroatoms. The fourth-order valence-electron chi connectivity index (χ4n) is 1.27. The number of aromatic nitrogens is 1. The van der Waals surface area contributed by atoms with E-state index in [9.17, 15) is 4.79 Å². The summed E-state index contributed by atoms with van der Waals surface area (Å²) < 4.78 is 4.95. The average molecular weight is 167 g/mol. The van der Waals surface area contributed by atoms with Crippen LogP contribution in [0.4, 0.5) is 0 Å². The van der Waals surface area contributed by atoms with Gasteiger partial charge in [-0.1, -0.05) is 5.16 Å². The van der Waals surface area contributed by atoms with Crippen molar-refractivity contribution in [1.82, 2.24) is 5.16 Å². The molecule has 1 aliphatic carbocycles. The molecule has 0 amide bonds. The Bertz CT molecular complexity index is 325. The molecule has 4 nitrogen and oxygen atoms in total. The molecule has 1 aromatic rings. The van der Waals surface area contributed by atoms with Crippen LogP contribution in [0.5, 0.6) is 0 Å². The Hall–Kier alpha value is -1.32. The highest BCUT2D eigenvalue weighted by molar-refractivity contribution is 5.87. The first-order valence-electron chi connectivity index (χ1n) is 3.89. The molecule has 1 aliphatic rings. The van der Waals surface area contributed by atoms with E-state index < -0.39 is 5.97 Å². The first kappa shape index (κ1) is 7.34. The Labute approximate surface area is 69.2 Å². The predicted molar refractivity (Wildman–Crippen MR) is 40.2 cm³/mol. The molecular weight excluding hydrogens is 158 g/mol. The van der Waals surface area contributed by atoms with E-state index in [1.165, 1.54) is 0 Å². The molecule has 1 N–H and O–H groups in total. The summed E-state index contributed by atoms with van der Waals surface area (Å²) in [6, 6.07) is 0. The minimum atomic E-state index is -1.01. The average Bonchev–Trinajstić information content (AvgIpc) is 2.75. The number of carboxylic acid groups (broad SMARTS) is 1. The summed E-state index contributed by atoms with van der Waals surface area (Å²) in [7, 11) is 0. The minimum Gasteiger partial charge on any atom is -0.476 e. The van der Waals surface area contributed by atoms with Crippen LogP contribution < -0.4 is 0 Å². The summed E-state index contributed by atoms with van der Waals surface area (Å²) in [4.78, 5) is 10.6. The van der Waals surface area contributed by atoms with Crippen LogP contribution in [0.3, 0.4) is 0 Å². The van der Waals surface area contributed by atoms with Crippen LogP contribution >= 0.6 is 0 Å². The smallest absolute Gasteiger partial charge is 0.358 e. The second-order valence-corrected chi connectivity index (χ2v) is 3.10. The van der Waals surface area contributed by atoms with Crippen LogP contribution in [-0.2, 0) is 0 Å². The van der Waals surface area contributed by atoms with E-state index in [-0.39, 0.29) is 5.69 Å². The van der Waals surface area contributed by atoms with Gasteiger partial charge in [-0.3, -0.25) is 0 Å². The van der Waals surface area contributed by atoms with Crippen LogP contribution in [0.15, 0.2) is 4.52 Å². The molecule has 1 fully saturated rings. The van der Waals surface area contributed by atoms with E-state index in [4.69, 9.17) is 9.63 Å². The van der Waals surface area contributed by atoms with Crippen molar-refractivity contribution in [1.29, 1.82) is 0 Å². The van der Waals surface area contributed by atoms with Gasteiger partial charge in [-0.25, -0.2) is 4.79 Å². The first-order valence-corrected chi connectivity index (χ1v) is 3.89. The maximum atomic E-state index is 10.6. The van der Waals surface area contributed by atoms with Crippen molar-refractivity contribution in [2.75, 3.05) is 0 Å². The second-order valence-electron chi connectivity index (χ2n) is 3.10. The monoisotopic (exact) mass is 167 g/mol. The Balaban J connectivity index is 2.39. The molecule has 1 heterocycles. The van der Waals surface area contributed by atoms with Crippen molar-refractivity contribution < 1.29 is 14.4 Å². The maximum Gasteiger partial charge on any atom is 0.358 e. The molecule has 0 unspecified atom stereocenters. The van der Waals surface area contributed by atoms with Crippen molar-refractivity contribution in [2.24, 2.45) is 0 Å². The van der Waals surface area contributed by atoms with Gasteiger partial charge in [0.15, 0.2) is 5.69 Å². The molecular formula is C8H9NO3. The van der Waals surface area contributed by atoms with Gasteiger partial charge < -0.3 is 9.63 Å². The lowest BCUT2D eigenvalue weighted by molar-refractivity contribution is 0.0685. The lowest BCUT2D eigenvalue weighted by atomic mass is 10.1. The molecule has 2 rings (SSSR count). The number of hydrogen-bond acceptors (Lipinski definition) is 3. The molecule has 1 saturated carbocycles. The Morgan fingerprint density at radius 3 is 2.75 bits per heavy atom. The van der Waals surface area contributed by atoms with Crippen molar-refractivity contribution >= 4 is 5.97 Å². The highest BCUT2D eigenvalue weighted by Crippen LogP contribution is 2.42. The molecule has 0 atom stereocenters. The summed E-state index contributed by atoms with van der Waals surface area (Å²) in [5.74, 6) is 0.168. The standard InChI is InChI=1S/C8H9NO3/c1-4-6(8(10)11)9-12-7(4)5-2-3-5/h5H,2-3H2,1H3,(H,10,11). The van der Waals surface area contributed by atoms with Crippen LogP contribution in [0.25, 0.3) is 0 Å². The van der Waals surface area contributed by atoms with Crippen molar-refractivity contribution in [2.45, 2.75) is 25.7 Å². The van der Waals surface area contributed by atoms with Crippen molar-refractivity contribution in [3.8, 4) is 0 Å². The zero-order valence-electron chi connectivity index (χ0n) is 6.70. The SMILES string of the molecule is Cc1c(C(=O)O)noc1C1CC1. The van der Waals surface area contributed by atoms with Gasteiger partial charge >= 0.3 is 5.97 Å². The summed E-state index contributed by atoms with van der Waals surface area (Å²) in [5.41, 5.74) is 0.738. The van der Waals surface area contributed by atoms with E-state index in [1.807, 2.05) is 0 Å². The van der Waals surface area contributed by atoms with Gasteiger partial charge in [0.25, 0.3) is 0 Å². The van der Waals surface area contributed by atoms with Gasteiger partial charge in [-0.2, -0.15) is 0 Å². The summed E-state index contributed by atoms with van der Waals surface area (Å²) in [5, 5.41) is 12.2. The molecule has 0 bridgehead atoms. The molecule has 0 radical (unpaired) electrons. The fraction of sp³-hybridized carbons (Fsp3) is 0.500. The number of carboxylic acids is 1. The van der Waals surface area contributed by atoms with Crippen LogP contribution in [0.1, 0.15) is 40.6 Å². The Kier molecular flexibility index (Phi) is 1.43. The number of hydrogen-bond donors (Lipinski definition) is 1. The Morgan fingerprint density at radius 1 is 1.67 bits per heavy atom. The molecule has 0 aromatic carbocycles. The fourth-order valence-corrected chi connectivity index (χ4v) is 1.27. The van der Waals surface area contributed by atoms with Gasteiger partial charge in [0, 0.05) is 11.5 Å². The number of carbonyl (C=O) groups is 1. The number of aromatic carboxylic acids is 1. The van der Waals surface area contributed by atoms with Crippen molar-refractivity contribution in [3.05, 3.63) is 17.0 Å². The molecule has 64 valence electrons. The van der Waals surface area contributed by atoms with Crippen LogP contribution in [-0.4, -0.2) is 16.2 Å². The lowest BCUT2D eigenvalue weighted by Crippen LogP contribution is -1.98. The van der Waals surface area contributed by atoms with Gasteiger partial charge in [0.1, 0.15) is 5.76 Å². The highest BCUT2D eigenvalue weighted by atomic mass is 16.5. The van der Waals surface area contributed by atoms with Gasteiger partial charge in [-0.05, 0) is 19.8 Å². The maximum absolute atomic E-state index is 10.6. The molecule has 0 spiro atoms. The zero-order valence-corrected chi connectivity index (χ0v) is 6.70.